The van der Waals surface area contributed by atoms with Gasteiger partial charge in [-0.2, -0.15) is 0 Å². The topological polar surface area (TPSA) is 48.4 Å². The lowest BCUT2D eigenvalue weighted by Gasteiger charge is -2.13. The highest BCUT2D eigenvalue weighted by molar-refractivity contribution is 14.1. The van der Waals surface area contributed by atoms with Crippen molar-refractivity contribution in [2.45, 2.75) is 25.6 Å². The van der Waals surface area contributed by atoms with E-state index in [2.05, 4.69) is 9.72 Å². The van der Waals surface area contributed by atoms with Crippen LogP contribution in [0.2, 0.25) is 0 Å². The first-order chi connectivity index (χ1) is 9.26. The first kappa shape index (κ1) is 17.3. The number of hydrogen-bond acceptors (Lipinski definition) is 4. The Bertz CT molecular complexity index is 497. The largest absolute Gasteiger partial charge is 0.573 e. The van der Waals surface area contributed by atoms with Crippen LogP contribution in [0.1, 0.15) is 18.2 Å². The SMILES string of the molecule is CCOC(=O)Cc1cc(OC(F)(F)F)c(I)nc1CCl. The molecule has 0 atom stereocenters. The third-order valence-electron chi connectivity index (χ3n) is 2.10. The van der Waals surface area contributed by atoms with E-state index in [9.17, 15) is 18.0 Å². The molecule has 0 aliphatic carbocycles. The fourth-order valence-corrected chi connectivity index (χ4v) is 2.17. The minimum Gasteiger partial charge on any atom is -0.466 e. The number of halogens is 5. The van der Waals surface area contributed by atoms with Crippen LogP contribution in [0.3, 0.4) is 0 Å². The van der Waals surface area contributed by atoms with Crippen LogP contribution >= 0.6 is 34.2 Å². The van der Waals surface area contributed by atoms with E-state index in [0.29, 0.717) is 5.69 Å². The molecule has 1 aromatic heterocycles. The fraction of sp³-hybridized carbons (Fsp3) is 0.455. The molecule has 0 N–H and O–H groups in total. The van der Waals surface area contributed by atoms with Gasteiger partial charge in [-0.25, -0.2) is 4.98 Å². The van der Waals surface area contributed by atoms with Gasteiger partial charge in [0.15, 0.2) is 5.75 Å². The molecule has 0 radical (unpaired) electrons. The molecule has 20 heavy (non-hydrogen) atoms. The number of carbonyl (C=O) groups excluding carboxylic acids is 1. The van der Waals surface area contributed by atoms with E-state index < -0.39 is 18.1 Å². The van der Waals surface area contributed by atoms with Crippen molar-refractivity contribution in [1.82, 2.24) is 4.98 Å². The van der Waals surface area contributed by atoms with Crippen molar-refractivity contribution in [2.75, 3.05) is 6.61 Å². The number of hydrogen-bond donors (Lipinski definition) is 0. The molecule has 0 fully saturated rings. The minimum absolute atomic E-state index is 0.0168. The number of esters is 1. The average molecular weight is 424 g/mol. The first-order valence-corrected chi connectivity index (χ1v) is 7.03. The second-order valence-corrected chi connectivity index (χ2v) is 4.84. The van der Waals surface area contributed by atoms with Crippen molar-refractivity contribution in [3.05, 3.63) is 21.0 Å². The van der Waals surface area contributed by atoms with E-state index >= 15 is 0 Å². The molecule has 0 bridgehead atoms. The Morgan fingerprint density at radius 1 is 1.50 bits per heavy atom. The van der Waals surface area contributed by atoms with Crippen LogP contribution < -0.4 is 4.74 Å². The van der Waals surface area contributed by atoms with Crippen LogP contribution in [0.25, 0.3) is 0 Å². The van der Waals surface area contributed by atoms with Crippen LogP contribution in [0.15, 0.2) is 6.07 Å². The van der Waals surface area contributed by atoms with Crippen LogP contribution in [0.5, 0.6) is 5.75 Å². The lowest BCUT2D eigenvalue weighted by atomic mass is 10.1. The van der Waals surface area contributed by atoms with E-state index in [1.165, 1.54) is 0 Å². The van der Waals surface area contributed by atoms with Crippen molar-refractivity contribution in [2.24, 2.45) is 0 Å². The summed E-state index contributed by atoms with van der Waals surface area (Å²) in [5.74, 6) is -1.07. The molecular weight excluding hydrogens is 413 g/mol. The number of nitrogens with zero attached hydrogens (tertiary/aromatic N) is 1. The Hall–Kier alpha value is -0.770. The lowest BCUT2D eigenvalue weighted by Crippen LogP contribution is -2.19. The second-order valence-electron chi connectivity index (χ2n) is 3.55. The minimum atomic E-state index is -4.83. The molecule has 1 heterocycles. The van der Waals surface area contributed by atoms with Gasteiger partial charge in [-0.3, -0.25) is 4.79 Å². The summed E-state index contributed by atoms with van der Waals surface area (Å²) >= 11 is 7.27. The smallest absolute Gasteiger partial charge is 0.466 e. The summed E-state index contributed by atoms with van der Waals surface area (Å²) in [5.41, 5.74) is 0.566. The Morgan fingerprint density at radius 3 is 2.65 bits per heavy atom. The second kappa shape index (κ2) is 7.30. The molecule has 0 aliphatic heterocycles. The standard InChI is InChI=1S/C11H10ClF3INO3/c1-2-19-9(18)4-6-3-8(20-11(13,14)15)10(16)17-7(6)5-12/h3H,2,4-5H2,1H3. The quantitative estimate of drug-likeness (QED) is 0.315. The van der Waals surface area contributed by atoms with Crippen molar-refractivity contribution in [3.63, 3.8) is 0 Å². The monoisotopic (exact) mass is 423 g/mol. The molecule has 0 saturated carbocycles. The summed E-state index contributed by atoms with van der Waals surface area (Å²) in [6, 6.07) is 1.11. The number of carbonyl (C=O) groups is 1. The first-order valence-electron chi connectivity index (χ1n) is 5.42. The normalized spacial score (nSPS) is 11.3. The number of ether oxygens (including phenoxy) is 2. The van der Waals surface area contributed by atoms with E-state index in [0.717, 1.165) is 6.07 Å². The van der Waals surface area contributed by atoms with Crippen LogP contribution in [0.4, 0.5) is 13.2 Å². The Balaban J connectivity index is 3.08. The van der Waals surface area contributed by atoms with E-state index in [1.54, 1.807) is 29.5 Å². The predicted octanol–water partition coefficient (Wildman–Crippen LogP) is 3.43. The zero-order valence-corrected chi connectivity index (χ0v) is 13.2. The third-order valence-corrected chi connectivity index (χ3v) is 3.13. The molecular formula is C11H10ClF3INO3. The van der Waals surface area contributed by atoms with Crippen molar-refractivity contribution >= 4 is 40.2 Å². The zero-order valence-electron chi connectivity index (χ0n) is 10.3. The third kappa shape index (κ3) is 5.31. The average Bonchev–Trinajstić information content (AvgIpc) is 2.31. The molecule has 0 aliphatic rings. The maximum Gasteiger partial charge on any atom is 0.573 e. The summed E-state index contributed by atoms with van der Waals surface area (Å²) in [7, 11) is 0. The Kier molecular flexibility index (Phi) is 6.31. The highest BCUT2D eigenvalue weighted by atomic mass is 127. The molecule has 1 rings (SSSR count). The molecule has 0 unspecified atom stereocenters. The van der Waals surface area contributed by atoms with Gasteiger partial charge in [-0.15, -0.1) is 24.8 Å². The molecule has 112 valence electrons. The summed E-state index contributed by atoms with van der Waals surface area (Å²) in [5, 5.41) is 0. The number of alkyl halides is 4. The highest BCUT2D eigenvalue weighted by Crippen LogP contribution is 2.29. The van der Waals surface area contributed by atoms with E-state index in [1.807, 2.05) is 0 Å². The Labute approximate surface area is 131 Å². The van der Waals surface area contributed by atoms with Gasteiger partial charge in [0.1, 0.15) is 3.70 Å². The van der Waals surface area contributed by atoms with Crippen molar-refractivity contribution < 1.29 is 27.4 Å². The van der Waals surface area contributed by atoms with Crippen molar-refractivity contribution in [1.29, 1.82) is 0 Å². The molecule has 9 heteroatoms. The van der Waals surface area contributed by atoms with Gasteiger partial charge in [0.05, 0.1) is 24.6 Å². The van der Waals surface area contributed by atoms with Gasteiger partial charge in [0.2, 0.25) is 0 Å². The van der Waals surface area contributed by atoms with Gasteiger partial charge in [-0.1, -0.05) is 0 Å². The molecule has 0 amide bonds. The molecule has 0 saturated heterocycles. The molecule has 0 spiro atoms. The van der Waals surface area contributed by atoms with Gasteiger partial charge in [0, 0.05) is 0 Å². The maximum atomic E-state index is 12.2. The summed E-state index contributed by atoms with van der Waals surface area (Å²) in [6.45, 7) is 1.81. The van der Waals surface area contributed by atoms with Crippen LogP contribution in [-0.4, -0.2) is 23.9 Å². The van der Waals surface area contributed by atoms with Gasteiger partial charge >= 0.3 is 12.3 Å². The van der Waals surface area contributed by atoms with Crippen LogP contribution in [-0.2, 0) is 21.8 Å². The number of rotatable bonds is 5. The van der Waals surface area contributed by atoms with Crippen LogP contribution in [0, 0.1) is 3.70 Å². The summed E-state index contributed by atoms with van der Waals surface area (Å²) in [6.07, 6.45) is -5.04. The van der Waals surface area contributed by atoms with Gasteiger partial charge in [0.25, 0.3) is 0 Å². The molecule has 0 aromatic carbocycles. The highest BCUT2D eigenvalue weighted by Gasteiger charge is 2.32. The van der Waals surface area contributed by atoms with Gasteiger partial charge < -0.3 is 9.47 Å². The van der Waals surface area contributed by atoms with E-state index in [-0.39, 0.29) is 28.2 Å². The maximum absolute atomic E-state index is 12.2. The lowest BCUT2D eigenvalue weighted by molar-refractivity contribution is -0.275. The fourth-order valence-electron chi connectivity index (χ4n) is 1.38. The summed E-state index contributed by atoms with van der Waals surface area (Å²) < 4.78 is 45.4. The zero-order chi connectivity index (χ0) is 15.3. The molecule has 1 aromatic rings. The van der Waals surface area contributed by atoms with Gasteiger partial charge in [-0.05, 0) is 41.1 Å². The van der Waals surface area contributed by atoms with Crippen molar-refractivity contribution in [3.8, 4) is 5.75 Å². The Morgan fingerprint density at radius 2 is 2.15 bits per heavy atom. The molecule has 4 nitrogen and oxygen atoms in total. The number of pyridine rings is 1. The predicted molar refractivity (Wildman–Crippen MR) is 73.5 cm³/mol. The number of aromatic nitrogens is 1. The van der Waals surface area contributed by atoms with E-state index in [4.69, 9.17) is 16.3 Å². The summed E-state index contributed by atoms with van der Waals surface area (Å²) in [4.78, 5) is 15.3.